The molecule has 3 aliphatic rings. The molecule has 2 aromatic carbocycles. The van der Waals surface area contributed by atoms with Gasteiger partial charge in [-0.15, -0.1) is 0 Å². The van der Waals surface area contributed by atoms with E-state index in [-0.39, 0.29) is 11.9 Å². The highest BCUT2D eigenvalue weighted by molar-refractivity contribution is 6.42. The van der Waals surface area contributed by atoms with E-state index >= 15 is 0 Å². The van der Waals surface area contributed by atoms with Crippen molar-refractivity contribution in [1.29, 1.82) is 0 Å². The third-order valence-corrected chi connectivity index (χ3v) is 8.48. The van der Waals surface area contributed by atoms with Gasteiger partial charge in [0.25, 0.3) is 0 Å². The fourth-order valence-electron chi connectivity index (χ4n) is 6.20. The summed E-state index contributed by atoms with van der Waals surface area (Å²) in [4.78, 5) is 21.2. The number of carbonyl (C=O) groups excluding carboxylic acids is 1. The number of fused-ring (bicyclic) bond motifs is 1. The summed E-state index contributed by atoms with van der Waals surface area (Å²) in [6.45, 7) is 5.01. The molecule has 0 radical (unpaired) electrons. The molecule has 2 saturated heterocycles. The molecule has 2 heterocycles. The van der Waals surface area contributed by atoms with Crippen LogP contribution in [0.15, 0.2) is 48.5 Å². The first-order chi connectivity index (χ1) is 16.1. The van der Waals surface area contributed by atoms with E-state index in [4.69, 9.17) is 23.2 Å². The molecule has 176 valence electrons. The van der Waals surface area contributed by atoms with Crippen molar-refractivity contribution in [2.24, 2.45) is 0 Å². The van der Waals surface area contributed by atoms with Crippen LogP contribution in [-0.2, 0) is 17.8 Å². The molecule has 3 fully saturated rings. The monoisotopic (exact) mass is 485 g/mol. The molecule has 3 unspecified atom stereocenters. The number of piperazine rings is 1. The normalized spacial score (nSPS) is 26.4. The molecule has 6 heteroatoms. The average molecular weight is 486 g/mol. The zero-order chi connectivity index (χ0) is 22.8. The summed E-state index contributed by atoms with van der Waals surface area (Å²) >= 11 is 12.3. The third kappa shape index (κ3) is 5.09. The first-order valence-corrected chi connectivity index (χ1v) is 13.1. The number of carbonyl (C=O) groups is 1. The number of nitrogens with zero attached hydrogens (tertiary/aromatic N) is 3. The predicted octanol–water partition coefficient (Wildman–Crippen LogP) is 5.27. The smallest absolute Gasteiger partial charge is 0.227 e. The van der Waals surface area contributed by atoms with E-state index in [1.807, 2.05) is 12.1 Å². The first-order valence-electron chi connectivity index (χ1n) is 12.4. The Bertz CT molecular complexity index is 963. The molecule has 0 bridgehead atoms. The van der Waals surface area contributed by atoms with Crippen LogP contribution in [0, 0.1) is 0 Å². The van der Waals surface area contributed by atoms with Crippen molar-refractivity contribution < 1.29 is 4.79 Å². The Balaban J connectivity index is 1.39. The zero-order valence-corrected chi connectivity index (χ0v) is 20.6. The van der Waals surface area contributed by atoms with Crippen LogP contribution in [0.4, 0.5) is 0 Å². The van der Waals surface area contributed by atoms with E-state index in [9.17, 15) is 4.79 Å². The Morgan fingerprint density at radius 1 is 0.818 bits per heavy atom. The van der Waals surface area contributed by atoms with Gasteiger partial charge >= 0.3 is 0 Å². The predicted molar refractivity (Wildman–Crippen MR) is 135 cm³/mol. The summed E-state index contributed by atoms with van der Waals surface area (Å²) in [5, 5.41) is 1.05. The van der Waals surface area contributed by atoms with Gasteiger partial charge in [0.05, 0.1) is 22.5 Å². The molecule has 5 rings (SSSR count). The van der Waals surface area contributed by atoms with Crippen molar-refractivity contribution in [2.75, 3.05) is 26.2 Å². The minimum atomic E-state index is 0.217. The zero-order valence-electron chi connectivity index (χ0n) is 19.1. The average Bonchev–Trinajstić information content (AvgIpc) is 3.37. The first kappa shape index (κ1) is 23.2. The number of rotatable bonds is 5. The van der Waals surface area contributed by atoms with Crippen LogP contribution in [-0.4, -0.2) is 64.9 Å². The molecule has 1 amide bonds. The Morgan fingerprint density at radius 3 is 2.33 bits per heavy atom. The molecule has 4 nitrogen and oxygen atoms in total. The van der Waals surface area contributed by atoms with Gasteiger partial charge in [0, 0.05) is 31.7 Å². The van der Waals surface area contributed by atoms with E-state index in [1.54, 1.807) is 6.07 Å². The molecule has 0 aromatic heterocycles. The van der Waals surface area contributed by atoms with Crippen molar-refractivity contribution in [3.05, 3.63) is 69.7 Å². The van der Waals surface area contributed by atoms with E-state index in [0.29, 0.717) is 28.5 Å². The highest BCUT2D eigenvalue weighted by Gasteiger charge is 2.46. The van der Waals surface area contributed by atoms with Gasteiger partial charge in [-0.05, 0) is 62.0 Å². The van der Waals surface area contributed by atoms with E-state index < -0.39 is 0 Å². The van der Waals surface area contributed by atoms with Crippen molar-refractivity contribution in [3.63, 3.8) is 0 Å². The van der Waals surface area contributed by atoms with E-state index in [0.717, 1.165) is 25.2 Å². The van der Waals surface area contributed by atoms with Gasteiger partial charge in [0.2, 0.25) is 5.91 Å². The maximum Gasteiger partial charge on any atom is 0.227 e. The van der Waals surface area contributed by atoms with Gasteiger partial charge in [-0.3, -0.25) is 14.6 Å². The van der Waals surface area contributed by atoms with Crippen molar-refractivity contribution in [2.45, 2.75) is 63.2 Å². The minimum Gasteiger partial charge on any atom is -0.335 e. The Kier molecular flexibility index (Phi) is 7.27. The molecule has 1 aliphatic carbocycles. The lowest BCUT2D eigenvalue weighted by Crippen LogP contribution is -2.68. The van der Waals surface area contributed by atoms with Gasteiger partial charge in [-0.2, -0.15) is 0 Å². The van der Waals surface area contributed by atoms with Crippen molar-refractivity contribution in [1.82, 2.24) is 14.7 Å². The van der Waals surface area contributed by atoms with Gasteiger partial charge in [-0.1, -0.05) is 66.0 Å². The number of likely N-dealkylation sites (tertiary alicyclic amines) is 1. The van der Waals surface area contributed by atoms with Crippen LogP contribution in [0.3, 0.4) is 0 Å². The third-order valence-electron chi connectivity index (χ3n) is 7.74. The Labute approximate surface area is 207 Å². The highest BCUT2D eigenvalue weighted by Crippen LogP contribution is 2.36. The summed E-state index contributed by atoms with van der Waals surface area (Å²) in [7, 11) is 0. The van der Waals surface area contributed by atoms with Gasteiger partial charge in [0.15, 0.2) is 0 Å². The fraction of sp³-hybridized carbons (Fsp3) is 0.519. The van der Waals surface area contributed by atoms with E-state index in [1.165, 1.54) is 50.8 Å². The van der Waals surface area contributed by atoms with Crippen LogP contribution in [0.25, 0.3) is 0 Å². The number of hydrogen-bond donors (Lipinski definition) is 0. The second kappa shape index (κ2) is 10.4. The fourth-order valence-corrected chi connectivity index (χ4v) is 6.52. The lowest BCUT2D eigenvalue weighted by molar-refractivity contribution is -0.143. The maximum atomic E-state index is 13.7. The number of halogens is 2. The van der Waals surface area contributed by atoms with Crippen LogP contribution < -0.4 is 0 Å². The molecular formula is C27H33Cl2N3O. The molecule has 1 saturated carbocycles. The molecule has 2 aromatic rings. The molecular weight excluding hydrogens is 453 g/mol. The van der Waals surface area contributed by atoms with Gasteiger partial charge in [0.1, 0.15) is 0 Å². The van der Waals surface area contributed by atoms with Crippen molar-refractivity contribution >= 4 is 29.1 Å². The van der Waals surface area contributed by atoms with Gasteiger partial charge < -0.3 is 4.90 Å². The lowest BCUT2D eigenvalue weighted by atomic mass is 9.81. The van der Waals surface area contributed by atoms with Crippen molar-refractivity contribution in [3.8, 4) is 0 Å². The van der Waals surface area contributed by atoms with E-state index in [2.05, 4.69) is 45.0 Å². The Hall–Kier alpha value is -1.59. The van der Waals surface area contributed by atoms with Crippen LogP contribution in [0.5, 0.6) is 0 Å². The van der Waals surface area contributed by atoms with Gasteiger partial charge in [-0.25, -0.2) is 0 Å². The summed E-state index contributed by atoms with van der Waals surface area (Å²) in [5.74, 6) is 0.217. The quantitative estimate of drug-likeness (QED) is 0.577. The summed E-state index contributed by atoms with van der Waals surface area (Å²) < 4.78 is 0. The van der Waals surface area contributed by atoms with Crippen LogP contribution in [0.1, 0.15) is 43.2 Å². The molecule has 33 heavy (non-hydrogen) atoms. The molecule has 0 spiro atoms. The van der Waals surface area contributed by atoms with Crippen LogP contribution in [0.2, 0.25) is 10.0 Å². The topological polar surface area (TPSA) is 26.8 Å². The molecule has 2 aliphatic heterocycles. The second-order valence-electron chi connectivity index (χ2n) is 9.77. The SMILES string of the molecule is O=C(Cc1ccc(Cl)c(Cl)c1)N1CCN(Cc2ccccc2)C2CCCC(N3CCCC3)C21. The largest absolute Gasteiger partial charge is 0.335 e. The minimum absolute atomic E-state index is 0.217. The summed E-state index contributed by atoms with van der Waals surface area (Å²) in [5.41, 5.74) is 2.29. The second-order valence-corrected chi connectivity index (χ2v) is 10.6. The Morgan fingerprint density at radius 2 is 1.58 bits per heavy atom. The standard InChI is InChI=1S/C27H33Cl2N3O/c28-22-12-11-21(17-23(22)29)18-26(33)32-16-15-31(19-20-7-2-1-3-8-20)25-10-6-9-24(27(25)32)30-13-4-5-14-30/h1-3,7-8,11-12,17,24-25,27H,4-6,9-10,13-16,18-19H2. The molecule has 3 atom stereocenters. The number of amides is 1. The highest BCUT2D eigenvalue weighted by atomic mass is 35.5. The number of hydrogen-bond acceptors (Lipinski definition) is 3. The number of benzene rings is 2. The summed E-state index contributed by atoms with van der Waals surface area (Å²) in [6.07, 6.45) is 6.53. The molecule has 0 N–H and O–H groups in total. The lowest BCUT2D eigenvalue weighted by Gasteiger charge is -2.55. The maximum absolute atomic E-state index is 13.7. The van der Waals surface area contributed by atoms with Crippen LogP contribution >= 0.6 is 23.2 Å². The summed E-state index contributed by atoms with van der Waals surface area (Å²) in [6, 6.07) is 17.4.